The van der Waals surface area contributed by atoms with Gasteiger partial charge in [-0.05, 0) is 42.2 Å². The normalized spacial score (nSPS) is 13.4. The maximum Gasteiger partial charge on any atom is 0.258 e. The Bertz CT molecular complexity index is 715. The summed E-state index contributed by atoms with van der Waals surface area (Å²) in [6.45, 7) is 0.748. The molecule has 0 unspecified atom stereocenters. The minimum Gasteiger partial charge on any atom is -0.308 e. The fraction of sp³-hybridized carbons (Fsp3) is 0.222. The molecule has 0 saturated heterocycles. The van der Waals surface area contributed by atoms with Crippen LogP contribution in [0.25, 0.3) is 0 Å². The van der Waals surface area contributed by atoms with Crippen LogP contribution >= 0.6 is 0 Å². The minimum absolute atomic E-state index is 0.0157. The summed E-state index contributed by atoms with van der Waals surface area (Å²) in [4.78, 5) is 14.6. The molecule has 0 saturated carbocycles. The molecule has 1 aliphatic heterocycles. The number of nitrogens with zero attached hydrogens (tertiary/aromatic N) is 2. The first kappa shape index (κ1) is 13.4. The number of carbonyl (C=O) groups excluding carboxylic acids is 1. The second kappa shape index (κ2) is 5.80. The van der Waals surface area contributed by atoms with Crippen LogP contribution in [0.5, 0.6) is 0 Å². The van der Waals surface area contributed by atoms with Gasteiger partial charge in [-0.25, -0.2) is 0 Å². The van der Waals surface area contributed by atoms with Crippen LogP contribution in [-0.4, -0.2) is 12.5 Å². The average Bonchev–Trinajstić information content (AvgIpc) is 2.54. The molecule has 104 valence electrons. The second-order valence-electron chi connectivity index (χ2n) is 5.22. The molecule has 3 heteroatoms. The van der Waals surface area contributed by atoms with Crippen molar-refractivity contribution in [1.82, 2.24) is 0 Å². The third-order valence-corrected chi connectivity index (χ3v) is 3.81. The van der Waals surface area contributed by atoms with Gasteiger partial charge in [-0.1, -0.05) is 30.3 Å². The van der Waals surface area contributed by atoms with Crippen molar-refractivity contribution in [2.75, 3.05) is 11.4 Å². The van der Waals surface area contributed by atoms with Gasteiger partial charge in [0.1, 0.15) is 0 Å². The third-order valence-electron chi connectivity index (χ3n) is 3.81. The van der Waals surface area contributed by atoms with E-state index in [9.17, 15) is 4.79 Å². The lowest BCUT2D eigenvalue weighted by Crippen LogP contribution is -2.35. The minimum atomic E-state index is 0.0157. The van der Waals surface area contributed by atoms with Crippen LogP contribution in [-0.2, 0) is 12.8 Å². The number of carbonyl (C=O) groups is 1. The van der Waals surface area contributed by atoms with Crippen LogP contribution in [0.15, 0.2) is 48.5 Å². The molecule has 0 aliphatic carbocycles. The van der Waals surface area contributed by atoms with E-state index in [1.54, 1.807) is 0 Å². The fourth-order valence-corrected chi connectivity index (χ4v) is 2.81. The van der Waals surface area contributed by atoms with Gasteiger partial charge in [-0.2, -0.15) is 5.26 Å². The third kappa shape index (κ3) is 2.66. The van der Waals surface area contributed by atoms with E-state index in [1.165, 1.54) is 5.56 Å². The maximum atomic E-state index is 12.8. The van der Waals surface area contributed by atoms with E-state index in [0.29, 0.717) is 12.0 Å². The highest BCUT2D eigenvalue weighted by molar-refractivity contribution is 6.06. The monoisotopic (exact) mass is 276 g/mol. The molecular formula is C18H16N2O. The summed E-state index contributed by atoms with van der Waals surface area (Å²) in [5, 5.41) is 8.78. The summed E-state index contributed by atoms with van der Waals surface area (Å²) < 4.78 is 0. The van der Waals surface area contributed by atoms with Crippen LogP contribution in [0, 0.1) is 11.3 Å². The van der Waals surface area contributed by atoms with Gasteiger partial charge in [0.05, 0.1) is 12.5 Å². The van der Waals surface area contributed by atoms with Crippen LogP contribution < -0.4 is 4.90 Å². The number of benzene rings is 2. The van der Waals surface area contributed by atoms with E-state index in [4.69, 9.17) is 5.26 Å². The summed E-state index contributed by atoms with van der Waals surface area (Å²) in [6, 6.07) is 17.6. The lowest BCUT2D eigenvalue weighted by Gasteiger charge is -2.29. The van der Waals surface area contributed by atoms with Gasteiger partial charge in [-0.3, -0.25) is 4.79 Å². The zero-order valence-electron chi connectivity index (χ0n) is 11.7. The van der Waals surface area contributed by atoms with Crippen molar-refractivity contribution in [2.45, 2.75) is 19.3 Å². The summed E-state index contributed by atoms with van der Waals surface area (Å²) in [5.74, 6) is 0.0157. The Hall–Kier alpha value is -2.60. The Morgan fingerprint density at radius 1 is 1.19 bits per heavy atom. The van der Waals surface area contributed by atoms with Gasteiger partial charge in [0.25, 0.3) is 5.91 Å². The Morgan fingerprint density at radius 2 is 2.05 bits per heavy atom. The number of amides is 1. The highest BCUT2D eigenvalue weighted by Gasteiger charge is 2.23. The van der Waals surface area contributed by atoms with Crippen molar-refractivity contribution < 1.29 is 4.79 Å². The molecule has 0 radical (unpaired) electrons. The van der Waals surface area contributed by atoms with Gasteiger partial charge >= 0.3 is 0 Å². The number of anilines is 1. The fourth-order valence-electron chi connectivity index (χ4n) is 2.81. The van der Waals surface area contributed by atoms with Gasteiger partial charge in [-0.15, -0.1) is 0 Å². The molecule has 2 aromatic carbocycles. The number of nitriles is 1. The van der Waals surface area contributed by atoms with Gasteiger partial charge in [0.2, 0.25) is 0 Å². The van der Waals surface area contributed by atoms with E-state index in [1.807, 2.05) is 47.4 Å². The quantitative estimate of drug-likeness (QED) is 0.844. The number of rotatable bonds is 2. The molecule has 1 heterocycles. The molecule has 0 atom stereocenters. The van der Waals surface area contributed by atoms with E-state index >= 15 is 0 Å². The first-order chi connectivity index (χ1) is 10.3. The second-order valence-corrected chi connectivity index (χ2v) is 5.22. The standard InChI is InChI=1S/C18H16N2O/c19-11-10-14-5-3-7-16(13-14)18(21)20-12-4-8-15-6-1-2-9-17(15)20/h1-3,5-7,9,13H,4,8,10,12H2. The van der Waals surface area contributed by atoms with E-state index < -0.39 is 0 Å². The SMILES string of the molecule is N#CCc1cccc(C(=O)N2CCCc3ccccc32)c1. The molecule has 2 aromatic rings. The van der Waals surface area contributed by atoms with Crippen LogP contribution in [0.1, 0.15) is 27.9 Å². The molecule has 21 heavy (non-hydrogen) atoms. The number of hydrogen-bond acceptors (Lipinski definition) is 2. The maximum absolute atomic E-state index is 12.8. The van der Waals surface area contributed by atoms with E-state index in [-0.39, 0.29) is 5.91 Å². The highest BCUT2D eigenvalue weighted by atomic mass is 16.2. The number of hydrogen-bond donors (Lipinski definition) is 0. The largest absolute Gasteiger partial charge is 0.308 e. The van der Waals surface area contributed by atoms with Crippen molar-refractivity contribution in [2.24, 2.45) is 0 Å². The number of aryl methyl sites for hydroxylation is 1. The molecule has 0 aromatic heterocycles. The Labute approximate surface area is 124 Å². The van der Waals surface area contributed by atoms with Crippen LogP contribution in [0.2, 0.25) is 0 Å². The predicted molar refractivity (Wildman–Crippen MR) is 82.2 cm³/mol. The molecule has 1 amide bonds. The van der Waals surface area contributed by atoms with Crippen molar-refractivity contribution in [3.05, 3.63) is 65.2 Å². The zero-order chi connectivity index (χ0) is 14.7. The first-order valence-electron chi connectivity index (χ1n) is 7.15. The molecule has 3 rings (SSSR count). The predicted octanol–water partition coefficient (Wildman–Crippen LogP) is 3.35. The van der Waals surface area contributed by atoms with Crippen molar-refractivity contribution >= 4 is 11.6 Å². The summed E-state index contributed by atoms with van der Waals surface area (Å²) >= 11 is 0. The molecule has 0 fully saturated rings. The summed E-state index contributed by atoms with van der Waals surface area (Å²) in [5.41, 5.74) is 3.78. The molecule has 0 bridgehead atoms. The van der Waals surface area contributed by atoms with Gasteiger partial charge in [0, 0.05) is 17.8 Å². The Balaban J connectivity index is 1.93. The van der Waals surface area contributed by atoms with E-state index in [0.717, 1.165) is 30.6 Å². The highest BCUT2D eigenvalue weighted by Crippen LogP contribution is 2.28. The smallest absolute Gasteiger partial charge is 0.258 e. The van der Waals surface area contributed by atoms with Crippen molar-refractivity contribution in [3.63, 3.8) is 0 Å². The number of para-hydroxylation sites is 1. The molecular weight excluding hydrogens is 260 g/mol. The Morgan fingerprint density at radius 3 is 2.90 bits per heavy atom. The van der Waals surface area contributed by atoms with Crippen LogP contribution in [0.3, 0.4) is 0 Å². The summed E-state index contributed by atoms with van der Waals surface area (Å²) in [6.07, 6.45) is 2.34. The lowest BCUT2D eigenvalue weighted by atomic mass is 10.0. The van der Waals surface area contributed by atoms with E-state index in [2.05, 4.69) is 12.1 Å². The molecule has 0 spiro atoms. The zero-order valence-corrected chi connectivity index (χ0v) is 11.7. The first-order valence-corrected chi connectivity index (χ1v) is 7.15. The number of fused-ring (bicyclic) bond motifs is 1. The lowest BCUT2D eigenvalue weighted by molar-refractivity contribution is 0.0985. The van der Waals surface area contributed by atoms with Crippen molar-refractivity contribution in [1.29, 1.82) is 5.26 Å². The average molecular weight is 276 g/mol. The van der Waals surface area contributed by atoms with Gasteiger partial charge in [0.15, 0.2) is 0 Å². The summed E-state index contributed by atoms with van der Waals surface area (Å²) in [7, 11) is 0. The van der Waals surface area contributed by atoms with Crippen LogP contribution in [0.4, 0.5) is 5.69 Å². The molecule has 3 nitrogen and oxygen atoms in total. The topological polar surface area (TPSA) is 44.1 Å². The molecule has 0 N–H and O–H groups in total. The molecule has 1 aliphatic rings. The Kier molecular flexibility index (Phi) is 3.70. The van der Waals surface area contributed by atoms with Crippen molar-refractivity contribution in [3.8, 4) is 6.07 Å². The van der Waals surface area contributed by atoms with Gasteiger partial charge < -0.3 is 4.90 Å².